The molecule has 3 rings (SSSR count). The van der Waals surface area contributed by atoms with Crippen molar-refractivity contribution in [1.29, 1.82) is 0 Å². The van der Waals surface area contributed by atoms with E-state index in [0.717, 1.165) is 5.56 Å². The van der Waals surface area contributed by atoms with Crippen LogP contribution in [0.1, 0.15) is 11.1 Å². The first kappa shape index (κ1) is 19.7. The Kier molecular flexibility index (Phi) is 6.15. The molecule has 1 atom stereocenters. The number of fused-ring (bicyclic) bond motifs is 1. The van der Waals surface area contributed by atoms with E-state index in [1.54, 1.807) is 12.1 Å². The van der Waals surface area contributed by atoms with Gasteiger partial charge in [-0.2, -0.15) is 0 Å². The zero-order chi connectivity index (χ0) is 20.1. The van der Waals surface area contributed by atoms with Gasteiger partial charge in [-0.3, -0.25) is 4.98 Å². The zero-order valence-electron chi connectivity index (χ0n) is 14.9. The Morgan fingerprint density at radius 3 is 2.71 bits per heavy atom. The molecule has 0 fully saturated rings. The van der Waals surface area contributed by atoms with Gasteiger partial charge in [-0.25, -0.2) is 14.4 Å². The minimum atomic E-state index is -0.979. The van der Waals surface area contributed by atoms with E-state index in [2.05, 4.69) is 26.2 Å². The molecule has 3 aromatic rings. The van der Waals surface area contributed by atoms with Crippen molar-refractivity contribution < 1.29 is 23.5 Å². The van der Waals surface area contributed by atoms with Crippen molar-refractivity contribution >= 4 is 39.1 Å². The fourth-order valence-corrected chi connectivity index (χ4v) is 3.14. The predicted molar refractivity (Wildman–Crippen MR) is 104 cm³/mol. The minimum Gasteiger partial charge on any atom is -0.467 e. The van der Waals surface area contributed by atoms with Crippen LogP contribution in [-0.2, 0) is 27.3 Å². The van der Waals surface area contributed by atoms with Gasteiger partial charge in [0.05, 0.1) is 12.6 Å². The van der Waals surface area contributed by atoms with E-state index in [1.165, 1.54) is 7.11 Å². The lowest BCUT2D eigenvalue weighted by Gasteiger charge is -2.17. The number of hydrogen-bond acceptors (Lipinski definition) is 6. The highest BCUT2D eigenvalue weighted by atomic mass is 79.9. The fourth-order valence-electron chi connectivity index (χ4n) is 2.63. The number of methoxy groups -OCH3 is 1. The number of alkyl carbamates (subject to hydrolysis) is 1. The summed E-state index contributed by atoms with van der Waals surface area (Å²) < 4.78 is 15.6. The fraction of sp³-hybridized carbons (Fsp3) is 0.211. The van der Waals surface area contributed by atoms with E-state index in [9.17, 15) is 14.4 Å². The number of aromatic amines is 1. The molecule has 1 heterocycles. The van der Waals surface area contributed by atoms with Crippen molar-refractivity contribution in [3.8, 4) is 0 Å². The number of ether oxygens (including phenoxy) is 2. The number of rotatable bonds is 6. The van der Waals surface area contributed by atoms with Crippen LogP contribution >= 0.6 is 15.9 Å². The average molecular weight is 449 g/mol. The van der Waals surface area contributed by atoms with Gasteiger partial charge >= 0.3 is 17.8 Å². The maximum atomic E-state index is 12.1. The molecule has 0 saturated carbocycles. The Labute approximate surface area is 168 Å². The average Bonchev–Trinajstić information content (AvgIpc) is 3.05. The van der Waals surface area contributed by atoms with E-state index in [1.807, 2.05) is 30.3 Å². The summed E-state index contributed by atoms with van der Waals surface area (Å²) in [6.07, 6.45) is -0.636. The summed E-state index contributed by atoms with van der Waals surface area (Å²) in [6.45, 7) is 0.0741. The Morgan fingerprint density at radius 2 is 2.00 bits per heavy atom. The largest absolute Gasteiger partial charge is 0.467 e. The molecule has 0 unspecified atom stereocenters. The van der Waals surface area contributed by atoms with E-state index < -0.39 is 23.9 Å². The summed E-state index contributed by atoms with van der Waals surface area (Å²) in [6, 6.07) is 11.5. The van der Waals surface area contributed by atoms with Crippen LogP contribution in [-0.4, -0.2) is 30.2 Å². The van der Waals surface area contributed by atoms with Gasteiger partial charge in [0.2, 0.25) is 0 Å². The van der Waals surface area contributed by atoms with Gasteiger partial charge in [-0.05, 0) is 23.3 Å². The molecule has 2 N–H and O–H groups in total. The molecule has 1 aromatic heterocycles. The lowest BCUT2D eigenvalue weighted by Crippen LogP contribution is -2.43. The van der Waals surface area contributed by atoms with Gasteiger partial charge in [0.1, 0.15) is 12.6 Å². The zero-order valence-corrected chi connectivity index (χ0v) is 16.4. The minimum absolute atomic E-state index is 0.0741. The number of carbonyl (C=O) groups is 2. The first-order valence-electron chi connectivity index (χ1n) is 8.32. The molecule has 8 nitrogen and oxygen atoms in total. The lowest BCUT2D eigenvalue weighted by molar-refractivity contribution is -0.143. The van der Waals surface area contributed by atoms with E-state index in [-0.39, 0.29) is 13.0 Å². The number of halogens is 1. The molecule has 9 heteroatoms. The van der Waals surface area contributed by atoms with Crippen molar-refractivity contribution in [1.82, 2.24) is 10.3 Å². The molecular formula is C19H17BrN2O6. The highest BCUT2D eigenvalue weighted by Crippen LogP contribution is 2.24. The molecule has 1 amide bonds. The van der Waals surface area contributed by atoms with Crippen LogP contribution < -0.4 is 11.1 Å². The van der Waals surface area contributed by atoms with Crippen molar-refractivity contribution in [2.75, 3.05) is 7.11 Å². The van der Waals surface area contributed by atoms with Crippen molar-refractivity contribution in [2.45, 2.75) is 19.1 Å². The molecule has 0 radical (unpaired) electrons. The first-order valence-corrected chi connectivity index (χ1v) is 9.12. The number of carbonyl (C=O) groups excluding carboxylic acids is 2. The maximum Gasteiger partial charge on any atom is 0.417 e. The summed E-state index contributed by atoms with van der Waals surface area (Å²) in [5, 5.41) is 2.51. The molecule has 0 aliphatic carbocycles. The normalized spacial score (nSPS) is 11.8. The summed E-state index contributed by atoms with van der Waals surface area (Å²) in [5.41, 5.74) is 2.33. The van der Waals surface area contributed by atoms with Gasteiger partial charge in [0.25, 0.3) is 0 Å². The van der Waals surface area contributed by atoms with E-state index in [4.69, 9.17) is 13.9 Å². The second-order valence-corrected chi connectivity index (χ2v) is 6.79. The number of oxazole rings is 1. The molecule has 0 aliphatic rings. The smallest absolute Gasteiger partial charge is 0.417 e. The third-order valence-electron chi connectivity index (χ3n) is 4.00. The second-order valence-electron chi connectivity index (χ2n) is 5.94. The van der Waals surface area contributed by atoms with Crippen LogP contribution in [0.15, 0.2) is 56.1 Å². The second kappa shape index (κ2) is 8.75. The molecule has 28 heavy (non-hydrogen) atoms. The summed E-state index contributed by atoms with van der Waals surface area (Å²) >= 11 is 3.39. The molecule has 0 saturated heterocycles. The Hall–Kier alpha value is -3.07. The monoisotopic (exact) mass is 448 g/mol. The van der Waals surface area contributed by atoms with E-state index >= 15 is 0 Å². The number of hydrogen-bond donors (Lipinski definition) is 2. The van der Waals surface area contributed by atoms with Gasteiger partial charge in [0.15, 0.2) is 5.58 Å². The van der Waals surface area contributed by atoms with Crippen molar-refractivity contribution in [2.24, 2.45) is 0 Å². The predicted octanol–water partition coefficient (Wildman–Crippen LogP) is 2.89. The Morgan fingerprint density at radius 1 is 1.25 bits per heavy atom. The van der Waals surface area contributed by atoms with Crippen molar-refractivity contribution in [3.05, 3.63) is 68.6 Å². The molecule has 0 aliphatic heterocycles. The van der Waals surface area contributed by atoms with Gasteiger partial charge in [0, 0.05) is 10.9 Å². The van der Waals surface area contributed by atoms with Crippen LogP contribution in [0.2, 0.25) is 0 Å². The number of aromatic nitrogens is 1. The van der Waals surface area contributed by atoms with Gasteiger partial charge in [-0.1, -0.05) is 46.3 Å². The SMILES string of the molecule is COC(=O)[C@@H](Cc1cc2oc(=O)[nH]c2cc1Br)NC(=O)OCc1ccccc1. The summed E-state index contributed by atoms with van der Waals surface area (Å²) in [7, 11) is 1.23. The van der Waals surface area contributed by atoms with Crippen LogP contribution in [0.5, 0.6) is 0 Å². The quantitative estimate of drug-likeness (QED) is 0.560. The molecule has 0 bridgehead atoms. The molecular weight excluding hydrogens is 432 g/mol. The highest BCUT2D eigenvalue weighted by Gasteiger charge is 2.24. The van der Waals surface area contributed by atoms with Crippen molar-refractivity contribution in [3.63, 3.8) is 0 Å². The highest BCUT2D eigenvalue weighted by molar-refractivity contribution is 9.10. The number of nitrogens with one attached hydrogen (secondary N) is 2. The third kappa shape index (κ3) is 4.80. The third-order valence-corrected chi connectivity index (χ3v) is 4.74. The Balaban J connectivity index is 1.71. The molecule has 146 valence electrons. The number of H-pyrrole nitrogens is 1. The number of benzene rings is 2. The van der Waals surface area contributed by atoms with Crippen LogP contribution in [0, 0.1) is 0 Å². The molecule has 0 spiro atoms. The standard InChI is InChI=1S/C19H17BrN2O6/c1-26-17(23)15(22-18(24)27-10-11-5-3-2-4-6-11)7-12-8-16-14(9-13(12)20)21-19(25)28-16/h2-6,8-9,15H,7,10H2,1H3,(H,21,25)(H,22,24)/t15-/m1/s1. The van der Waals surface area contributed by atoms with Crippen LogP contribution in [0.25, 0.3) is 11.1 Å². The topological polar surface area (TPSA) is 111 Å². The Bertz CT molecular complexity index is 1040. The van der Waals surface area contributed by atoms with Crippen LogP contribution in [0.4, 0.5) is 4.79 Å². The summed E-state index contributed by atoms with van der Waals surface area (Å²) in [5.74, 6) is -1.20. The number of amides is 1. The van der Waals surface area contributed by atoms with Gasteiger partial charge < -0.3 is 19.2 Å². The van der Waals surface area contributed by atoms with Gasteiger partial charge in [-0.15, -0.1) is 0 Å². The van der Waals surface area contributed by atoms with E-state index in [0.29, 0.717) is 21.1 Å². The lowest BCUT2D eigenvalue weighted by atomic mass is 10.1. The number of esters is 1. The summed E-state index contributed by atoms with van der Waals surface area (Å²) in [4.78, 5) is 38.1. The maximum absolute atomic E-state index is 12.1. The first-order chi connectivity index (χ1) is 13.5. The van der Waals surface area contributed by atoms with Crippen LogP contribution in [0.3, 0.4) is 0 Å². The molecule has 2 aromatic carbocycles.